The van der Waals surface area contributed by atoms with Gasteiger partial charge in [-0.25, -0.2) is 4.79 Å². The normalized spacial score (nSPS) is 9.95. The second-order valence-corrected chi connectivity index (χ2v) is 4.01. The van der Waals surface area contributed by atoms with Gasteiger partial charge in [-0.3, -0.25) is 10.1 Å². The van der Waals surface area contributed by atoms with Crippen molar-refractivity contribution in [2.75, 3.05) is 0 Å². The molecule has 0 radical (unpaired) electrons. The second-order valence-electron chi connectivity index (χ2n) is 4.01. The van der Waals surface area contributed by atoms with E-state index in [1.807, 2.05) is 19.1 Å². The molecule has 5 nitrogen and oxygen atoms in total. The molecule has 0 aliphatic rings. The summed E-state index contributed by atoms with van der Waals surface area (Å²) in [5, 5.41) is 10.6. The van der Waals surface area contributed by atoms with Crippen molar-refractivity contribution in [3.05, 3.63) is 69.8 Å². The predicted molar refractivity (Wildman–Crippen MR) is 69.2 cm³/mol. The number of nitro groups is 1. The topological polar surface area (TPSA) is 69.4 Å². The maximum absolute atomic E-state index is 11.8. The number of nitrogens with zero attached hydrogens (tertiary/aromatic N) is 1. The molecule has 0 saturated heterocycles. The molecule has 2 rings (SSSR count). The zero-order valence-corrected chi connectivity index (χ0v) is 10.2. The lowest BCUT2D eigenvalue weighted by Gasteiger charge is -2.04. The van der Waals surface area contributed by atoms with E-state index in [-0.39, 0.29) is 11.3 Å². The van der Waals surface area contributed by atoms with Crippen LogP contribution in [0.1, 0.15) is 15.9 Å². The van der Waals surface area contributed by atoms with Crippen molar-refractivity contribution in [2.45, 2.75) is 6.92 Å². The highest BCUT2D eigenvalue weighted by atomic mass is 16.6. The van der Waals surface area contributed by atoms with E-state index in [0.717, 1.165) is 5.56 Å². The van der Waals surface area contributed by atoms with Crippen LogP contribution in [0.3, 0.4) is 0 Å². The van der Waals surface area contributed by atoms with E-state index in [4.69, 9.17) is 4.74 Å². The second kappa shape index (κ2) is 5.30. The van der Waals surface area contributed by atoms with Crippen molar-refractivity contribution in [3.8, 4) is 5.75 Å². The highest BCUT2D eigenvalue weighted by Gasteiger charge is 2.13. The first-order valence-corrected chi connectivity index (χ1v) is 5.59. The van der Waals surface area contributed by atoms with E-state index >= 15 is 0 Å². The van der Waals surface area contributed by atoms with Gasteiger partial charge >= 0.3 is 5.97 Å². The molecule has 0 aliphatic heterocycles. The van der Waals surface area contributed by atoms with Gasteiger partial charge in [0.05, 0.1) is 10.5 Å². The van der Waals surface area contributed by atoms with Gasteiger partial charge < -0.3 is 4.74 Å². The fraction of sp³-hybridized carbons (Fsp3) is 0.0714. The minimum Gasteiger partial charge on any atom is -0.423 e. The quantitative estimate of drug-likeness (QED) is 0.366. The van der Waals surface area contributed by atoms with Crippen LogP contribution in [0.15, 0.2) is 48.5 Å². The monoisotopic (exact) mass is 257 g/mol. The molecule has 2 aromatic rings. The Kier molecular flexibility index (Phi) is 3.56. The molecule has 0 spiro atoms. The van der Waals surface area contributed by atoms with Gasteiger partial charge in [-0.05, 0) is 25.1 Å². The van der Waals surface area contributed by atoms with Gasteiger partial charge in [0, 0.05) is 12.1 Å². The molecule has 0 amide bonds. The molecule has 0 saturated carbocycles. The molecule has 5 heteroatoms. The number of non-ortho nitro benzene ring substituents is 1. The molecule has 0 unspecified atom stereocenters. The van der Waals surface area contributed by atoms with Crippen molar-refractivity contribution >= 4 is 11.7 Å². The molecule has 0 aliphatic carbocycles. The van der Waals surface area contributed by atoms with Crippen molar-refractivity contribution in [1.29, 1.82) is 0 Å². The number of carbonyl (C=O) groups excluding carboxylic acids is 1. The number of hydrogen-bond acceptors (Lipinski definition) is 4. The lowest BCUT2D eigenvalue weighted by Crippen LogP contribution is -2.08. The Bertz CT molecular complexity index is 620. The number of carbonyl (C=O) groups is 1. The number of benzene rings is 2. The van der Waals surface area contributed by atoms with Crippen LogP contribution in [0.4, 0.5) is 5.69 Å². The summed E-state index contributed by atoms with van der Waals surface area (Å²) in [6.07, 6.45) is 0. The smallest absolute Gasteiger partial charge is 0.343 e. The Balaban J connectivity index is 2.18. The highest BCUT2D eigenvalue weighted by molar-refractivity contribution is 5.91. The minimum atomic E-state index is -0.618. The molecule has 2 aromatic carbocycles. The first-order valence-electron chi connectivity index (χ1n) is 5.59. The summed E-state index contributed by atoms with van der Waals surface area (Å²) in [7, 11) is 0. The Morgan fingerprint density at radius 2 is 1.84 bits per heavy atom. The van der Waals surface area contributed by atoms with E-state index in [0.29, 0.717) is 5.75 Å². The molecule has 0 heterocycles. The molecular weight excluding hydrogens is 246 g/mol. The Morgan fingerprint density at radius 3 is 2.47 bits per heavy atom. The molecule has 0 fully saturated rings. The largest absolute Gasteiger partial charge is 0.423 e. The van der Waals surface area contributed by atoms with E-state index in [9.17, 15) is 14.9 Å². The van der Waals surface area contributed by atoms with E-state index in [1.54, 1.807) is 12.1 Å². The van der Waals surface area contributed by atoms with Gasteiger partial charge in [0.15, 0.2) is 0 Å². The fourth-order valence-corrected chi connectivity index (χ4v) is 1.52. The molecule has 96 valence electrons. The lowest BCUT2D eigenvalue weighted by molar-refractivity contribution is -0.384. The first kappa shape index (κ1) is 12.8. The lowest BCUT2D eigenvalue weighted by atomic mass is 10.2. The van der Waals surface area contributed by atoms with Gasteiger partial charge in [-0.1, -0.05) is 23.8 Å². The average Bonchev–Trinajstić information content (AvgIpc) is 2.41. The van der Waals surface area contributed by atoms with Crippen LogP contribution in [0.2, 0.25) is 0 Å². The summed E-state index contributed by atoms with van der Waals surface area (Å²) < 4.78 is 5.13. The van der Waals surface area contributed by atoms with E-state index < -0.39 is 10.9 Å². The van der Waals surface area contributed by atoms with Crippen molar-refractivity contribution in [2.24, 2.45) is 0 Å². The van der Waals surface area contributed by atoms with Gasteiger partial charge in [-0.15, -0.1) is 0 Å². The van der Waals surface area contributed by atoms with Gasteiger partial charge in [0.2, 0.25) is 0 Å². The predicted octanol–water partition coefficient (Wildman–Crippen LogP) is 3.12. The number of hydrogen-bond donors (Lipinski definition) is 0. The van der Waals surface area contributed by atoms with Gasteiger partial charge in [0.1, 0.15) is 5.75 Å². The van der Waals surface area contributed by atoms with Crippen molar-refractivity contribution in [1.82, 2.24) is 0 Å². The summed E-state index contributed by atoms with van der Waals surface area (Å²) in [4.78, 5) is 21.9. The van der Waals surface area contributed by atoms with Crippen molar-refractivity contribution < 1.29 is 14.5 Å². The standard InChI is InChI=1S/C14H11NO4/c1-10-5-7-13(8-6-10)19-14(16)11-3-2-4-12(9-11)15(17)18/h2-9H,1H3. The van der Waals surface area contributed by atoms with E-state index in [1.165, 1.54) is 24.3 Å². The van der Waals surface area contributed by atoms with Crippen LogP contribution < -0.4 is 4.74 Å². The molecule has 0 atom stereocenters. The van der Waals surface area contributed by atoms with Gasteiger partial charge in [-0.2, -0.15) is 0 Å². The fourth-order valence-electron chi connectivity index (χ4n) is 1.52. The number of nitro benzene ring substituents is 1. The Labute approximate surface area is 109 Å². The summed E-state index contributed by atoms with van der Waals surface area (Å²) in [5.74, 6) is -0.213. The van der Waals surface area contributed by atoms with Crippen LogP contribution in [0.25, 0.3) is 0 Å². The van der Waals surface area contributed by atoms with Crippen LogP contribution >= 0.6 is 0 Å². The Morgan fingerprint density at radius 1 is 1.16 bits per heavy atom. The Hall–Kier alpha value is -2.69. The van der Waals surface area contributed by atoms with Gasteiger partial charge in [0.25, 0.3) is 5.69 Å². The molecular formula is C14H11NO4. The number of rotatable bonds is 3. The maximum Gasteiger partial charge on any atom is 0.343 e. The third kappa shape index (κ3) is 3.16. The minimum absolute atomic E-state index is 0.140. The summed E-state index contributed by atoms with van der Waals surface area (Å²) in [5.41, 5.74) is 1.06. The van der Waals surface area contributed by atoms with E-state index in [2.05, 4.69) is 0 Å². The molecule has 0 bridgehead atoms. The van der Waals surface area contributed by atoms with Crippen LogP contribution in [0, 0.1) is 17.0 Å². The third-order valence-electron chi connectivity index (χ3n) is 2.52. The average molecular weight is 257 g/mol. The maximum atomic E-state index is 11.8. The first-order chi connectivity index (χ1) is 9.06. The summed E-state index contributed by atoms with van der Waals surface area (Å²) in [6, 6.07) is 12.4. The third-order valence-corrected chi connectivity index (χ3v) is 2.52. The molecule has 19 heavy (non-hydrogen) atoms. The zero-order chi connectivity index (χ0) is 13.8. The summed E-state index contributed by atoms with van der Waals surface area (Å²) >= 11 is 0. The SMILES string of the molecule is Cc1ccc(OC(=O)c2cccc([N+](=O)[O-])c2)cc1. The molecule has 0 N–H and O–H groups in total. The van der Waals surface area contributed by atoms with Crippen LogP contribution in [-0.4, -0.2) is 10.9 Å². The number of ether oxygens (including phenoxy) is 1. The van der Waals surface area contributed by atoms with Crippen LogP contribution in [0.5, 0.6) is 5.75 Å². The molecule has 0 aromatic heterocycles. The highest BCUT2D eigenvalue weighted by Crippen LogP contribution is 2.17. The number of aryl methyl sites for hydroxylation is 1. The van der Waals surface area contributed by atoms with Crippen LogP contribution in [-0.2, 0) is 0 Å². The number of esters is 1. The van der Waals surface area contributed by atoms with Crippen molar-refractivity contribution in [3.63, 3.8) is 0 Å². The zero-order valence-electron chi connectivity index (χ0n) is 10.2. The summed E-state index contributed by atoms with van der Waals surface area (Å²) in [6.45, 7) is 1.92.